The van der Waals surface area contributed by atoms with Gasteiger partial charge in [-0.3, -0.25) is 9.48 Å². The fraction of sp³-hybridized carbons (Fsp3) is 0.333. The van der Waals surface area contributed by atoms with Crippen molar-refractivity contribution in [1.29, 1.82) is 0 Å². The molecule has 0 unspecified atom stereocenters. The molecule has 0 bridgehead atoms. The molecule has 4 rings (SSSR count). The zero-order valence-corrected chi connectivity index (χ0v) is 15.2. The third kappa shape index (κ3) is 3.10. The lowest BCUT2D eigenvalue weighted by Gasteiger charge is -2.32. The number of fused-ring (bicyclic) bond motifs is 1. The van der Waals surface area contributed by atoms with Crippen molar-refractivity contribution < 1.29 is 4.79 Å². The molecule has 1 aromatic carbocycles. The Morgan fingerprint density at radius 3 is 2.85 bits per heavy atom. The Labute approximate surface area is 156 Å². The van der Waals surface area contributed by atoms with Gasteiger partial charge in [0.1, 0.15) is 11.9 Å². The molecule has 0 spiro atoms. The Morgan fingerprint density at radius 2 is 2.08 bits per heavy atom. The molecule has 0 radical (unpaired) electrons. The Balaban J connectivity index is 1.53. The van der Waals surface area contributed by atoms with Gasteiger partial charge < -0.3 is 9.47 Å². The van der Waals surface area contributed by atoms with Crippen LogP contribution >= 0.6 is 11.6 Å². The van der Waals surface area contributed by atoms with Gasteiger partial charge in [-0.2, -0.15) is 5.10 Å². The predicted octanol–water partition coefficient (Wildman–Crippen LogP) is 2.47. The second-order valence-corrected chi connectivity index (χ2v) is 6.79. The summed E-state index contributed by atoms with van der Waals surface area (Å²) < 4.78 is 3.80. The lowest BCUT2D eigenvalue weighted by atomic mass is 10.1. The summed E-state index contributed by atoms with van der Waals surface area (Å²) in [6.07, 6.45) is 4.34. The van der Waals surface area contributed by atoms with Gasteiger partial charge in [0, 0.05) is 36.9 Å². The third-order valence-corrected chi connectivity index (χ3v) is 5.04. The van der Waals surface area contributed by atoms with Crippen molar-refractivity contribution in [3.8, 4) is 0 Å². The Kier molecular flexibility index (Phi) is 4.46. The highest BCUT2D eigenvalue weighted by atomic mass is 35.5. The van der Waals surface area contributed by atoms with Gasteiger partial charge in [-0.05, 0) is 24.6 Å². The molecule has 0 saturated carbocycles. The van der Waals surface area contributed by atoms with Gasteiger partial charge in [0.15, 0.2) is 5.82 Å². The van der Waals surface area contributed by atoms with Crippen LogP contribution in [0, 0.1) is 0 Å². The maximum absolute atomic E-state index is 12.9. The fourth-order valence-corrected chi connectivity index (χ4v) is 3.52. The number of rotatable bonds is 5. The SMILES string of the molecule is C[C@H]1C(=O)N(Cc2ccccc2Cl)Cc2nnc(CCn3cccn3)n21. The molecule has 1 aliphatic heterocycles. The smallest absolute Gasteiger partial charge is 0.246 e. The Bertz CT molecular complexity index is 920. The zero-order chi connectivity index (χ0) is 18.1. The standard InChI is InChI=1S/C18H19ClN6O/c1-13-18(26)23(11-14-5-2-3-6-15(14)19)12-17-22-21-16(25(13)17)7-10-24-9-4-8-20-24/h2-6,8-9,13H,7,10-12H2,1H3/t13-/m0/s1. The first-order valence-corrected chi connectivity index (χ1v) is 8.93. The summed E-state index contributed by atoms with van der Waals surface area (Å²) in [7, 11) is 0. The van der Waals surface area contributed by atoms with E-state index in [1.807, 2.05) is 52.7 Å². The number of aromatic nitrogens is 5. The lowest BCUT2D eigenvalue weighted by molar-refractivity contribution is -0.137. The second kappa shape index (κ2) is 6.92. The van der Waals surface area contributed by atoms with E-state index in [-0.39, 0.29) is 11.9 Å². The molecular weight excluding hydrogens is 352 g/mol. The van der Waals surface area contributed by atoms with Gasteiger partial charge >= 0.3 is 0 Å². The maximum Gasteiger partial charge on any atom is 0.246 e. The number of benzene rings is 1. The highest BCUT2D eigenvalue weighted by Gasteiger charge is 2.33. The first-order chi connectivity index (χ1) is 12.6. The van der Waals surface area contributed by atoms with E-state index in [4.69, 9.17) is 11.6 Å². The highest BCUT2D eigenvalue weighted by Crippen LogP contribution is 2.26. The number of halogens is 1. The van der Waals surface area contributed by atoms with Crippen LogP contribution in [0.1, 0.15) is 30.2 Å². The van der Waals surface area contributed by atoms with Crippen LogP contribution in [0.4, 0.5) is 0 Å². The van der Waals surface area contributed by atoms with Crippen molar-refractivity contribution in [3.05, 3.63) is 65.0 Å². The molecule has 0 aliphatic carbocycles. The summed E-state index contributed by atoms with van der Waals surface area (Å²) in [5.41, 5.74) is 0.932. The largest absolute Gasteiger partial charge is 0.329 e. The van der Waals surface area contributed by atoms with Crippen LogP contribution < -0.4 is 0 Å². The molecule has 26 heavy (non-hydrogen) atoms. The Hall–Kier alpha value is -2.67. The van der Waals surface area contributed by atoms with Crippen molar-refractivity contribution in [2.24, 2.45) is 0 Å². The number of carbonyl (C=O) groups excluding carboxylic acids is 1. The number of carbonyl (C=O) groups is 1. The van der Waals surface area contributed by atoms with Crippen LogP contribution in [0.3, 0.4) is 0 Å². The first-order valence-electron chi connectivity index (χ1n) is 8.56. The molecule has 1 aliphatic rings. The minimum absolute atomic E-state index is 0.0533. The van der Waals surface area contributed by atoms with Gasteiger partial charge in [0.05, 0.1) is 6.54 Å². The molecule has 0 saturated heterocycles. The van der Waals surface area contributed by atoms with Gasteiger partial charge in [0.2, 0.25) is 5.91 Å². The van der Waals surface area contributed by atoms with Crippen molar-refractivity contribution in [3.63, 3.8) is 0 Å². The fourth-order valence-electron chi connectivity index (χ4n) is 3.32. The van der Waals surface area contributed by atoms with E-state index >= 15 is 0 Å². The average molecular weight is 371 g/mol. The van der Waals surface area contributed by atoms with Crippen LogP contribution in [0.15, 0.2) is 42.7 Å². The number of aryl methyl sites for hydroxylation is 2. The van der Waals surface area contributed by atoms with Gasteiger partial charge in [0.25, 0.3) is 0 Å². The summed E-state index contributed by atoms with van der Waals surface area (Å²) >= 11 is 6.24. The number of nitrogens with zero attached hydrogens (tertiary/aromatic N) is 6. The molecule has 7 nitrogen and oxygen atoms in total. The van der Waals surface area contributed by atoms with E-state index in [0.717, 1.165) is 17.2 Å². The number of hydrogen-bond donors (Lipinski definition) is 0. The summed E-state index contributed by atoms with van der Waals surface area (Å²) in [6, 6.07) is 9.14. The van der Waals surface area contributed by atoms with E-state index in [1.54, 1.807) is 11.1 Å². The van der Waals surface area contributed by atoms with E-state index in [2.05, 4.69) is 15.3 Å². The molecule has 134 valence electrons. The molecule has 8 heteroatoms. The molecular formula is C18H19ClN6O. The van der Waals surface area contributed by atoms with Crippen molar-refractivity contribution in [2.45, 2.75) is 39.0 Å². The molecule has 2 aromatic heterocycles. The average Bonchev–Trinajstić information content (AvgIpc) is 3.29. The van der Waals surface area contributed by atoms with Gasteiger partial charge in [-0.15, -0.1) is 10.2 Å². The number of amides is 1. The summed E-state index contributed by atoms with van der Waals surface area (Å²) in [4.78, 5) is 14.7. The van der Waals surface area contributed by atoms with Crippen LogP contribution in [0.2, 0.25) is 5.02 Å². The zero-order valence-electron chi connectivity index (χ0n) is 14.4. The van der Waals surface area contributed by atoms with Crippen molar-refractivity contribution in [2.75, 3.05) is 0 Å². The molecule has 1 amide bonds. The molecule has 1 atom stereocenters. The maximum atomic E-state index is 12.9. The first kappa shape index (κ1) is 16.8. The number of hydrogen-bond acceptors (Lipinski definition) is 4. The van der Waals surface area contributed by atoms with E-state index in [0.29, 0.717) is 31.1 Å². The second-order valence-electron chi connectivity index (χ2n) is 6.38. The van der Waals surface area contributed by atoms with Crippen molar-refractivity contribution >= 4 is 17.5 Å². The van der Waals surface area contributed by atoms with Gasteiger partial charge in [-0.25, -0.2) is 0 Å². The van der Waals surface area contributed by atoms with Crippen LogP contribution in [0.5, 0.6) is 0 Å². The van der Waals surface area contributed by atoms with E-state index in [1.165, 1.54) is 0 Å². The monoisotopic (exact) mass is 370 g/mol. The quantitative estimate of drug-likeness (QED) is 0.691. The summed E-state index contributed by atoms with van der Waals surface area (Å²) in [5.74, 6) is 1.67. The van der Waals surface area contributed by atoms with Crippen LogP contribution in [-0.4, -0.2) is 35.4 Å². The van der Waals surface area contributed by atoms with Gasteiger partial charge in [-0.1, -0.05) is 29.8 Å². The molecule has 3 aromatic rings. The molecule has 3 heterocycles. The summed E-state index contributed by atoms with van der Waals surface area (Å²) in [5, 5.41) is 13.5. The topological polar surface area (TPSA) is 68.8 Å². The summed E-state index contributed by atoms with van der Waals surface area (Å²) in [6.45, 7) is 3.50. The minimum Gasteiger partial charge on any atom is -0.329 e. The Morgan fingerprint density at radius 1 is 1.23 bits per heavy atom. The molecule has 0 fully saturated rings. The van der Waals surface area contributed by atoms with E-state index < -0.39 is 0 Å². The third-order valence-electron chi connectivity index (χ3n) is 4.67. The van der Waals surface area contributed by atoms with Crippen LogP contribution in [0.25, 0.3) is 0 Å². The van der Waals surface area contributed by atoms with Crippen LogP contribution in [-0.2, 0) is 30.8 Å². The highest BCUT2D eigenvalue weighted by molar-refractivity contribution is 6.31. The predicted molar refractivity (Wildman–Crippen MR) is 96.4 cm³/mol. The normalized spacial score (nSPS) is 16.8. The lowest BCUT2D eigenvalue weighted by Crippen LogP contribution is -2.41. The minimum atomic E-state index is -0.330. The van der Waals surface area contributed by atoms with E-state index in [9.17, 15) is 4.79 Å². The molecule has 0 N–H and O–H groups in total. The van der Waals surface area contributed by atoms with Crippen molar-refractivity contribution in [1.82, 2.24) is 29.4 Å².